The molecule has 4 aromatic rings. The van der Waals surface area contributed by atoms with Gasteiger partial charge < -0.3 is 8.92 Å². The highest BCUT2D eigenvalue weighted by molar-refractivity contribution is 9.10. The Labute approximate surface area is 205 Å². The van der Waals surface area contributed by atoms with Crippen molar-refractivity contribution in [3.8, 4) is 11.5 Å². The molecule has 4 rings (SSSR count). The predicted octanol–water partition coefficient (Wildman–Crippen LogP) is 5.14. The van der Waals surface area contributed by atoms with Crippen molar-refractivity contribution < 1.29 is 22.1 Å². The molecule has 0 radical (unpaired) electrons. The van der Waals surface area contributed by atoms with Crippen molar-refractivity contribution >= 4 is 48.9 Å². The van der Waals surface area contributed by atoms with Crippen LogP contribution in [-0.2, 0) is 10.1 Å². The van der Waals surface area contributed by atoms with E-state index >= 15 is 0 Å². The van der Waals surface area contributed by atoms with Gasteiger partial charge in [0, 0.05) is 4.47 Å². The first-order valence-corrected chi connectivity index (χ1v) is 12.3. The summed E-state index contributed by atoms with van der Waals surface area (Å²) in [6.07, 6.45) is 1.39. The smallest absolute Gasteiger partial charge is 0.339 e. The van der Waals surface area contributed by atoms with E-state index in [2.05, 4.69) is 26.5 Å². The van der Waals surface area contributed by atoms with E-state index in [4.69, 9.17) is 8.92 Å². The lowest BCUT2D eigenvalue weighted by atomic mass is 10.1. The molecule has 0 aliphatic rings. The van der Waals surface area contributed by atoms with Crippen LogP contribution in [0.15, 0.2) is 99.4 Å². The topological polar surface area (TPSA) is 94.1 Å². The molecule has 0 aliphatic carbocycles. The van der Waals surface area contributed by atoms with E-state index in [1.54, 1.807) is 42.5 Å². The number of fused-ring (bicyclic) bond motifs is 1. The predicted molar refractivity (Wildman–Crippen MR) is 134 cm³/mol. The number of benzene rings is 4. The summed E-state index contributed by atoms with van der Waals surface area (Å²) in [6, 6.07) is 23.7. The molecule has 0 bridgehead atoms. The minimum atomic E-state index is -4.04. The molecule has 0 saturated heterocycles. The van der Waals surface area contributed by atoms with Gasteiger partial charge in [-0.2, -0.15) is 13.5 Å². The molecule has 7 nitrogen and oxygen atoms in total. The summed E-state index contributed by atoms with van der Waals surface area (Å²) in [4.78, 5) is 12.5. The Bertz CT molecular complexity index is 1500. The van der Waals surface area contributed by atoms with Gasteiger partial charge in [0.1, 0.15) is 16.4 Å². The van der Waals surface area contributed by atoms with Crippen LogP contribution >= 0.6 is 15.9 Å². The van der Waals surface area contributed by atoms with Crippen molar-refractivity contribution in [2.75, 3.05) is 7.11 Å². The molecule has 0 aliphatic heterocycles. The summed E-state index contributed by atoms with van der Waals surface area (Å²) in [7, 11) is -2.56. The van der Waals surface area contributed by atoms with Crippen molar-refractivity contribution in [1.82, 2.24) is 5.43 Å². The van der Waals surface area contributed by atoms with E-state index in [0.717, 1.165) is 15.2 Å². The maximum Gasteiger partial charge on any atom is 0.339 e. The second kappa shape index (κ2) is 10.1. The van der Waals surface area contributed by atoms with Crippen LogP contribution in [0.4, 0.5) is 0 Å². The van der Waals surface area contributed by atoms with E-state index < -0.39 is 16.0 Å². The lowest BCUT2D eigenvalue weighted by Gasteiger charge is -2.09. The Morgan fingerprint density at radius 2 is 1.74 bits per heavy atom. The average molecular weight is 539 g/mol. The minimum Gasteiger partial charge on any atom is -0.496 e. The molecule has 9 heteroatoms. The Kier molecular flexibility index (Phi) is 6.95. The lowest BCUT2D eigenvalue weighted by molar-refractivity contribution is 0.0952. The number of hydrogen-bond acceptors (Lipinski definition) is 6. The summed E-state index contributed by atoms with van der Waals surface area (Å²) < 4.78 is 36.8. The molecule has 0 unspecified atom stereocenters. The van der Waals surface area contributed by atoms with Gasteiger partial charge in [-0.25, -0.2) is 5.43 Å². The third-order valence-corrected chi connectivity index (χ3v) is 6.60. The van der Waals surface area contributed by atoms with Crippen LogP contribution in [-0.4, -0.2) is 27.6 Å². The van der Waals surface area contributed by atoms with E-state index in [0.29, 0.717) is 16.9 Å². The van der Waals surface area contributed by atoms with Crippen molar-refractivity contribution in [2.45, 2.75) is 4.90 Å². The van der Waals surface area contributed by atoms with Gasteiger partial charge in [-0.05, 0) is 58.8 Å². The highest BCUT2D eigenvalue weighted by Gasteiger charge is 2.17. The lowest BCUT2D eigenvalue weighted by Crippen LogP contribution is -2.18. The van der Waals surface area contributed by atoms with Crippen molar-refractivity contribution in [3.63, 3.8) is 0 Å². The summed E-state index contributed by atoms with van der Waals surface area (Å²) in [5.41, 5.74) is 3.28. The molecular weight excluding hydrogens is 520 g/mol. The number of carbonyl (C=O) groups excluding carboxylic acids is 1. The van der Waals surface area contributed by atoms with Crippen LogP contribution in [0.1, 0.15) is 15.9 Å². The van der Waals surface area contributed by atoms with Crippen LogP contribution in [0.2, 0.25) is 0 Å². The standard InChI is InChI=1S/C25H19BrN2O5S/c1-32-24-12-10-20(26)15-23(24)25(29)28-27-16-17-5-4-8-21(13-17)33-34(30,31)22-11-9-18-6-2-3-7-19(18)14-22/h2-16H,1H3,(H,28,29)/b27-16-. The zero-order valence-corrected chi connectivity index (χ0v) is 20.3. The molecular formula is C25H19BrN2O5S. The molecule has 34 heavy (non-hydrogen) atoms. The fourth-order valence-corrected chi connectivity index (χ4v) is 4.55. The van der Waals surface area contributed by atoms with Crippen LogP contribution < -0.4 is 14.3 Å². The third kappa shape index (κ3) is 5.44. The highest BCUT2D eigenvalue weighted by atomic mass is 79.9. The molecule has 172 valence electrons. The number of hydrazone groups is 1. The van der Waals surface area contributed by atoms with E-state index in [9.17, 15) is 13.2 Å². The fourth-order valence-electron chi connectivity index (χ4n) is 3.23. The highest BCUT2D eigenvalue weighted by Crippen LogP contribution is 2.24. The maximum absolute atomic E-state index is 12.8. The molecule has 4 aromatic carbocycles. The monoisotopic (exact) mass is 538 g/mol. The average Bonchev–Trinajstić information content (AvgIpc) is 2.83. The van der Waals surface area contributed by atoms with Gasteiger partial charge in [0.05, 0.1) is 18.9 Å². The molecule has 0 heterocycles. The van der Waals surface area contributed by atoms with E-state index in [1.807, 2.05) is 24.3 Å². The first-order valence-electron chi connectivity index (χ1n) is 10.1. The third-order valence-electron chi connectivity index (χ3n) is 4.86. The second-order valence-electron chi connectivity index (χ2n) is 7.16. The normalized spacial score (nSPS) is 11.5. The molecule has 0 fully saturated rings. The number of nitrogens with one attached hydrogen (secondary N) is 1. The number of ether oxygens (including phenoxy) is 1. The molecule has 0 saturated carbocycles. The maximum atomic E-state index is 12.8. The molecule has 0 aromatic heterocycles. The number of amides is 1. The minimum absolute atomic E-state index is 0.0560. The van der Waals surface area contributed by atoms with Gasteiger partial charge in [0.25, 0.3) is 5.91 Å². The number of hydrogen-bond donors (Lipinski definition) is 1. The zero-order chi connectivity index (χ0) is 24.1. The van der Waals surface area contributed by atoms with Gasteiger partial charge in [-0.1, -0.05) is 58.4 Å². The van der Waals surface area contributed by atoms with E-state index in [1.165, 1.54) is 31.5 Å². The van der Waals surface area contributed by atoms with Crippen molar-refractivity contribution in [1.29, 1.82) is 0 Å². The SMILES string of the molecule is COc1ccc(Br)cc1C(=O)N/N=C\c1cccc(OS(=O)(=O)c2ccc3ccccc3c2)c1. The Morgan fingerprint density at radius 3 is 2.53 bits per heavy atom. The van der Waals surface area contributed by atoms with Gasteiger partial charge in [-0.3, -0.25) is 4.79 Å². The largest absolute Gasteiger partial charge is 0.496 e. The quantitative estimate of drug-likeness (QED) is 0.199. The molecule has 0 atom stereocenters. The first-order chi connectivity index (χ1) is 16.4. The Morgan fingerprint density at radius 1 is 0.941 bits per heavy atom. The summed E-state index contributed by atoms with van der Waals surface area (Å²) in [6.45, 7) is 0. The Balaban J connectivity index is 1.48. The van der Waals surface area contributed by atoms with Crippen molar-refractivity contribution in [2.24, 2.45) is 5.10 Å². The molecule has 1 N–H and O–H groups in total. The Hall–Kier alpha value is -3.69. The fraction of sp³-hybridized carbons (Fsp3) is 0.0400. The van der Waals surface area contributed by atoms with Gasteiger partial charge in [0.2, 0.25) is 0 Å². The van der Waals surface area contributed by atoms with Gasteiger partial charge in [-0.15, -0.1) is 0 Å². The molecule has 0 spiro atoms. The van der Waals surface area contributed by atoms with Crippen molar-refractivity contribution in [3.05, 3.63) is 101 Å². The molecule has 1 amide bonds. The van der Waals surface area contributed by atoms with Crippen LogP contribution in [0.25, 0.3) is 10.8 Å². The first kappa shape index (κ1) is 23.5. The number of carbonyl (C=O) groups is 1. The van der Waals surface area contributed by atoms with Crippen LogP contribution in [0, 0.1) is 0 Å². The van der Waals surface area contributed by atoms with Gasteiger partial charge in [0.15, 0.2) is 0 Å². The number of methoxy groups -OCH3 is 1. The number of halogens is 1. The zero-order valence-electron chi connectivity index (χ0n) is 17.9. The summed E-state index contributed by atoms with van der Waals surface area (Å²) in [5, 5.41) is 5.68. The van der Waals surface area contributed by atoms with Gasteiger partial charge >= 0.3 is 10.1 Å². The van der Waals surface area contributed by atoms with Crippen LogP contribution in [0.3, 0.4) is 0 Å². The van der Waals surface area contributed by atoms with Crippen LogP contribution in [0.5, 0.6) is 11.5 Å². The second-order valence-corrected chi connectivity index (χ2v) is 9.62. The van der Waals surface area contributed by atoms with E-state index in [-0.39, 0.29) is 10.6 Å². The number of nitrogens with zero attached hydrogens (tertiary/aromatic N) is 1. The number of rotatable bonds is 7. The summed E-state index contributed by atoms with van der Waals surface area (Å²) in [5.74, 6) is 0.0722. The summed E-state index contributed by atoms with van der Waals surface area (Å²) >= 11 is 3.32.